The predicted molar refractivity (Wildman–Crippen MR) is 131 cm³/mol. The van der Waals surface area contributed by atoms with Crippen molar-refractivity contribution in [2.45, 2.75) is 19.9 Å². The van der Waals surface area contributed by atoms with Gasteiger partial charge in [0.25, 0.3) is 17.4 Å². The molecule has 12 nitrogen and oxygen atoms in total. The van der Waals surface area contributed by atoms with Crippen molar-refractivity contribution in [2.75, 3.05) is 46.5 Å². The van der Waals surface area contributed by atoms with E-state index in [9.17, 15) is 29.6 Å². The zero-order valence-electron chi connectivity index (χ0n) is 20.8. The quantitative estimate of drug-likeness (QED) is 0.142. The average Bonchev–Trinajstić information content (AvgIpc) is 3.34. The number of esters is 1. The van der Waals surface area contributed by atoms with Gasteiger partial charge in [-0.05, 0) is 37.1 Å². The number of nitrogens with zero attached hydrogens (tertiary/aromatic N) is 3. The van der Waals surface area contributed by atoms with Crippen molar-refractivity contribution in [2.24, 2.45) is 0 Å². The summed E-state index contributed by atoms with van der Waals surface area (Å²) < 4.78 is 10.2. The number of aliphatic hydroxyl groups is 1. The minimum atomic E-state index is -0.975. The van der Waals surface area contributed by atoms with Crippen LogP contribution in [0.5, 0.6) is 0 Å². The number of ketones is 1. The number of carbonyl (C=O) groups excluding carboxylic acids is 3. The minimum absolute atomic E-state index is 0.120. The van der Waals surface area contributed by atoms with Gasteiger partial charge in [0.2, 0.25) is 0 Å². The Bertz CT molecular complexity index is 1270. The topological polar surface area (TPSA) is 155 Å². The monoisotopic (exact) mass is 512 g/mol. The lowest BCUT2D eigenvalue weighted by Gasteiger charge is -2.31. The minimum Gasteiger partial charge on any atom is -0.507 e. The van der Waals surface area contributed by atoms with Crippen LogP contribution in [0.25, 0.3) is 5.76 Å². The van der Waals surface area contributed by atoms with Gasteiger partial charge in [-0.2, -0.15) is 0 Å². The van der Waals surface area contributed by atoms with Crippen LogP contribution in [0.15, 0.2) is 29.8 Å². The van der Waals surface area contributed by atoms with Crippen molar-refractivity contribution in [1.82, 2.24) is 14.8 Å². The molecular formula is C25H28N4O8. The number of hydrogen-bond donors (Lipinski definition) is 2. The third kappa shape index (κ3) is 4.85. The number of ether oxygens (including phenoxy) is 2. The van der Waals surface area contributed by atoms with E-state index >= 15 is 0 Å². The molecule has 12 heteroatoms. The first-order valence-corrected chi connectivity index (χ1v) is 11.8. The Morgan fingerprint density at radius 3 is 2.43 bits per heavy atom. The molecule has 0 saturated carbocycles. The summed E-state index contributed by atoms with van der Waals surface area (Å²) in [4.78, 5) is 55.7. The maximum absolute atomic E-state index is 13.3. The molecule has 2 aliphatic rings. The summed E-state index contributed by atoms with van der Waals surface area (Å²) in [6.07, 6.45) is 0. The Morgan fingerprint density at radius 2 is 1.84 bits per heavy atom. The maximum Gasteiger partial charge on any atom is 0.354 e. The molecule has 1 atom stereocenters. The molecule has 1 amide bonds. The van der Waals surface area contributed by atoms with E-state index in [0.717, 1.165) is 0 Å². The highest BCUT2D eigenvalue weighted by atomic mass is 16.6. The van der Waals surface area contributed by atoms with E-state index in [1.54, 1.807) is 13.8 Å². The van der Waals surface area contributed by atoms with Gasteiger partial charge in [0.05, 0.1) is 36.9 Å². The number of benzene rings is 1. The van der Waals surface area contributed by atoms with E-state index in [-0.39, 0.29) is 29.1 Å². The van der Waals surface area contributed by atoms with E-state index in [2.05, 4.69) is 9.88 Å². The molecule has 3 heterocycles. The number of aromatic nitrogens is 1. The van der Waals surface area contributed by atoms with Gasteiger partial charge in [0.15, 0.2) is 0 Å². The number of nitrogens with one attached hydrogen (secondary N) is 1. The number of non-ortho nitro benzene ring substituents is 1. The summed E-state index contributed by atoms with van der Waals surface area (Å²) in [7, 11) is 1.23. The van der Waals surface area contributed by atoms with Crippen LogP contribution < -0.4 is 0 Å². The van der Waals surface area contributed by atoms with E-state index in [4.69, 9.17) is 9.47 Å². The average molecular weight is 513 g/mol. The molecule has 0 aliphatic carbocycles. The number of carbonyl (C=O) groups is 3. The van der Waals surface area contributed by atoms with Crippen molar-refractivity contribution in [3.8, 4) is 0 Å². The lowest BCUT2D eigenvalue weighted by Crippen LogP contribution is -2.42. The fourth-order valence-corrected chi connectivity index (χ4v) is 4.86. The Hall–Kier alpha value is -4.03. The Balaban J connectivity index is 1.81. The molecule has 0 unspecified atom stereocenters. The number of nitro benzene ring substituents is 1. The summed E-state index contributed by atoms with van der Waals surface area (Å²) in [6, 6.07) is 4.55. The zero-order valence-corrected chi connectivity index (χ0v) is 20.8. The Morgan fingerprint density at radius 1 is 1.19 bits per heavy atom. The number of aromatic amines is 1. The Kier molecular flexibility index (Phi) is 7.41. The van der Waals surface area contributed by atoms with Crippen LogP contribution in [0.1, 0.15) is 38.9 Å². The van der Waals surface area contributed by atoms with Crippen LogP contribution in [0.4, 0.5) is 5.69 Å². The molecule has 2 aromatic rings. The van der Waals surface area contributed by atoms with E-state index in [1.165, 1.54) is 36.3 Å². The molecule has 2 saturated heterocycles. The summed E-state index contributed by atoms with van der Waals surface area (Å²) in [5.41, 5.74) is 1.26. The first-order valence-electron chi connectivity index (χ1n) is 11.8. The molecule has 2 aliphatic heterocycles. The zero-order chi connectivity index (χ0) is 26.9. The third-order valence-electron chi connectivity index (χ3n) is 6.78. The fraction of sp³-hybridized carbons (Fsp3) is 0.400. The number of hydrogen-bond acceptors (Lipinski definition) is 9. The molecule has 0 radical (unpaired) electrons. The second kappa shape index (κ2) is 10.5. The van der Waals surface area contributed by atoms with Gasteiger partial charge in [-0.1, -0.05) is 0 Å². The molecule has 0 spiro atoms. The highest BCUT2D eigenvalue weighted by molar-refractivity contribution is 6.46. The second-order valence-electron chi connectivity index (χ2n) is 8.91. The number of aryl methyl sites for hydroxylation is 1. The molecule has 2 fully saturated rings. The van der Waals surface area contributed by atoms with E-state index in [0.29, 0.717) is 49.7 Å². The van der Waals surface area contributed by atoms with E-state index in [1.807, 2.05) is 0 Å². The molecule has 1 aromatic heterocycles. The number of nitro groups is 1. The standard InChI is InChI=1S/C25H28N4O8/c1-14-18(15(2)26-20(14)25(33)36-3)22(30)19-21(16-4-6-17(7-5-16)29(34)35)28(24(32)23(19)31)9-8-27-10-12-37-13-11-27/h4-7,21,26,30H,8-13H2,1-3H3/b22-19+/t21-/m1/s1. The van der Waals surface area contributed by atoms with Crippen LogP contribution in [-0.4, -0.2) is 89.0 Å². The van der Waals surface area contributed by atoms with Crippen LogP contribution in [0, 0.1) is 24.0 Å². The van der Waals surface area contributed by atoms with Crippen LogP contribution >= 0.6 is 0 Å². The highest BCUT2D eigenvalue weighted by Gasteiger charge is 2.46. The highest BCUT2D eigenvalue weighted by Crippen LogP contribution is 2.41. The normalized spacial score (nSPS) is 19.9. The Labute approximate surface area is 212 Å². The lowest BCUT2D eigenvalue weighted by atomic mass is 9.94. The maximum atomic E-state index is 13.3. The first-order chi connectivity index (χ1) is 17.6. The van der Waals surface area contributed by atoms with Crippen LogP contribution in [0.3, 0.4) is 0 Å². The molecule has 4 rings (SSSR count). The number of likely N-dealkylation sites (tertiary alicyclic amines) is 1. The summed E-state index contributed by atoms with van der Waals surface area (Å²) >= 11 is 0. The second-order valence-corrected chi connectivity index (χ2v) is 8.91. The predicted octanol–water partition coefficient (Wildman–Crippen LogP) is 2.08. The summed E-state index contributed by atoms with van der Waals surface area (Å²) in [6.45, 7) is 6.41. The molecule has 2 N–H and O–H groups in total. The van der Waals surface area contributed by atoms with E-state index < -0.39 is 34.4 Å². The molecule has 1 aromatic carbocycles. The fourth-order valence-electron chi connectivity index (χ4n) is 4.86. The van der Waals surface area contributed by atoms with Crippen LogP contribution in [0.2, 0.25) is 0 Å². The van der Waals surface area contributed by atoms with Crippen molar-refractivity contribution >= 4 is 29.1 Å². The van der Waals surface area contributed by atoms with Gasteiger partial charge < -0.3 is 24.5 Å². The van der Waals surface area contributed by atoms with Crippen molar-refractivity contribution in [1.29, 1.82) is 0 Å². The van der Waals surface area contributed by atoms with Gasteiger partial charge in [0.1, 0.15) is 11.5 Å². The largest absolute Gasteiger partial charge is 0.507 e. The number of Topliss-reactive ketones (excluding diaryl/α,β-unsaturated/α-hetero) is 1. The van der Waals surface area contributed by atoms with Gasteiger partial charge >= 0.3 is 5.97 Å². The van der Waals surface area contributed by atoms with Crippen LogP contribution in [-0.2, 0) is 19.1 Å². The van der Waals surface area contributed by atoms with Gasteiger partial charge in [0, 0.05) is 49.6 Å². The third-order valence-corrected chi connectivity index (χ3v) is 6.78. The number of rotatable bonds is 7. The van der Waals surface area contributed by atoms with Gasteiger partial charge in [-0.3, -0.25) is 24.6 Å². The van der Waals surface area contributed by atoms with Gasteiger partial charge in [-0.15, -0.1) is 0 Å². The molecule has 196 valence electrons. The van der Waals surface area contributed by atoms with Crippen molar-refractivity contribution < 1.29 is 33.9 Å². The molecule has 37 heavy (non-hydrogen) atoms. The number of morpholine rings is 1. The first kappa shape index (κ1) is 26.0. The number of H-pyrrole nitrogens is 1. The lowest BCUT2D eigenvalue weighted by molar-refractivity contribution is -0.384. The molecule has 0 bridgehead atoms. The summed E-state index contributed by atoms with van der Waals surface area (Å²) in [5, 5.41) is 22.6. The van der Waals surface area contributed by atoms with Gasteiger partial charge in [-0.25, -0.2) is 4.79 Å². The SMILES string of the molecule is COC(=O)c1[nH]c(C)c(/C(O)=C2\C(=O)C(=O)N(CCN3CCOCC3)[C@@H]2c2ccc([N+](=O)[O-])cc2)c1C. The number of aliphatic hydroxyl groups excluding tert-OH is 1. The van der Waals surface area contributed by atoms with Crippen molar-refractivity contribution in [3.05, 3.63) is 68.0 Å². The van der Waals surface area contributed by atoms with Crippen molar-refractivity contribution in [3.63, 3.8) is 0 Å². The number of amides is 1. The molecular weight excluding hydrogens is 484 g/mol. The summed E-state index contributed by atoms with van der Waals surface area (Å²) in [5.74, 6) is -2.73. The smallest absolute Gasteiger partial charge is 0.354 e. The number of methoxy groups -OCH3 is 1.